The molecular formula is C16H11Cl2F3O2. The fourth-order valence-corrected chi connectivity index (χ4v) is 2.39. The highest BCUT2D eigenvalue weighted by atomic mass is 35.5. The van der Waals surface area contributed by atoms with E-state index in [9.17, 15) is 18.0 Å². The third-order valence-corrected chi connectivity index (χ3v) is 3.58. The maximum absolute atomic E-state index is 13.1. The molecule has 0 radical (unpaired) electrons. The molecule has 23 heavy (non-hydrogen) atoms. The average molecular weight is 363 g/mol. The lowest BCUT2D eigenvalue weighted by Gasteiger charge is -2.21. The molecule has 2 rings (SSSR count). The van der Waals surface area contributed by atoms with Crippen LogP contribution in [0.2, 0.25) is 10.0 Å². The highest BCUT2D eigenvalue weighted by molar-refractivity contribution is 6.36. The van der Waals surface area contributed by atoms with Gasteiger partial charge in [0.2, 0.25) is 6.10 Å². The summed E-state index contributed by atoms with van der Waals surface area (Å²) < 4.78 is 44.0. The van der Waals surface area contributed by atoms with Crippen LogP contribution in [0.4, 0.5) is 13.2 Å². The van der Waals surface area contributed by atoms with Crippen molar-refractivity contribution >= 4 is 29.2 Å². The third-order valence-electron chi connectivity index (χ3n) is 3.03. The van der Waals surface area contributed by atoms with Crippen LogP contribution in [0.3, 0.4) is 0 Å². The summed E-state index contributed by atoms with van der Waals surface area (Å²) in [6.45, 7) is 0. The number of alkyl halides is 3. The normalized spacial score (nSPS) is 12.7. The summed E-state index contributed by atoms with van der Waals surface area (Å²) in [6, 6.07) is 11.8. The van der Waals surface area contributed by atoms with E-state index < -0.39 is 24.7 Å². The van der Waals surface area contributed by atoms with E-state index in [4.69, 9.17) is 23.2 Å². The van der Waals surface area contributed by atoms with E-state index in [0.717, 1.165) is 0 Å². The van der Waals surface area contributed by atoms with E-state index >= 15 is 0 Å². The molecule has 0 unspecified atom stereocenters. The first-order chi connectivity index (χ1) is 10.8. The Morgan fingerprint density at radius 3 is 2.30 bits per heavy atom. The second-order valence-corrected chi connectivity index (χ2v) is 5.59. The summed E-state index contributed by atoms with van der Waals surface area (Å²) in [5, 5.41) is 0.200. The number of esters is 1. The van der Waals surface area contributed by atoms with Crippen LogP contribution >= 0.6 is 23.2 Å². The molecule has 0 bridgehead atoms. The van der Waals surface area contributed by atoms with Gasteiger partial charge in [0.05, 0.1) is 10.6 Å². The number of ether oxygens (including phenoxy) is 1. The van der Waals surface area contributed by atoms with Crippen LogP contribution in [0.15, 0.2) is 48.5 Å². The molecule has 7 heteroatoms. The molecule has 0 spiro atoms. The van der Waals surface area contributed by atoms with Crippen molar-refractivity contribution in [2.24, 2.45) is 0 Å². The molecule has 0 saturated heterocycles. The first-order valence-electron chi connectivity index (χ1n) is 6.54. The van der Waals surface area contributed by atoms with E-state index in [1.165, 1.54) is 30.3 Å². The lowest BCUT2D eigenvalue weighted by Crippen LogP contribution is -2.35. The number of rotatable bonds is 4. The monoisotopic (exact) mass is 362 g/mol. The lowest BCUT2D eigenvalue weighted by molar-refractivity contribution is -0.203. The smallest absolute Gasteiger partial charge is 0.425 e. The summed E-state index contributed by atoms with van der Waals surface area (Å²) >= 11 is 11.5. The molecule has 0 saturated carbocycles. The van der Waals surface area contributed by atoms with Crippen molar-refractivity contribution in [1.29, 1.82) is 0 Å². The summed E-state index contributed by atoms with van der Waals surface area (Å²) in [7, 11) is 0. The van der Waals surface area contributed by atoms with Gasteiger partial charge in [-0.2, -0.15) is 13.2 Å². The topological polar surface area (TPSA) is 26.3 Å². The average Bonchev–Trinajstić information content (AvgIpc) is 2.46. The van der Waals surface area contributed by atoms with Crippen molar-refractivity contribution in [3.05, 3.63) is 69.7 Å². The molecule has 0 aromatic heterocycles. The van der Waals surface area contributed by atoms with E-state index in [0.29, 0.717) is 5.56 Å². The van der Waals surface area contributed by atoms with Crippen molar-refractivity contribution in [1.82, 2.24) is 0 Å². The van der Waals surface area contributed by atoms with Crippen molar-refractivity contribution in [3.63, 3.8) is 0 Å². The van der Waals surface area contributed by atoms with Gasteiger partial charge < -0.3 is 4.74 Å². The Hall–Kier alpha value is -1.72. The van der Waals surface area contributed by atoms with E-state index in [2.05, 4.69) is 4.74 Å². The Bertz CT molecular complexity index is 687. The van der Waals surface area contributed by atoms with E-state index in [1.807, 2.05) is 0 Å². The van der Waals surface area contributed by atoms with Crippen LogP contribution in [0, 0.1) is 0 Å². The second-order valence-electron chi connectivity index (χ2n) is 4.75. The largest absolute Gasteiger partial charge is 0.449 e. The van der Waals surface area contributed by atoms with Gasteiger partial charge in [0.1, 0.15) is 0 Å². The Labute approximate surface area is 140 Å². The fraction of sp³-hybridized carbons (Fsp3) is 0.188. The van der Waals surface area contributed by atoms with Gasteiger partial charge in [-0.15, -0.1) is 0 Å². The van der Waals surface area contributed by atoms with Crippen LogP contribution in [0.5, 0.6) is 0 Å². The molecule has 0 aliphatic heterocycles. The summed E-state index contributed by atoms with van der Waals surface area (Å²) in [5.74, 6) is -1.15. The minimum Gasteiger partial charge on any atom is -0.449 e. The lowest BCUT2D eigenvalue weighted by atomic mass is 10.1. The Morgan fingerprint density at radius 1 is 1.09 bits per heavy atom. The summed E-state index contributed by atoms with van der Waals surface area (Å²) in [4.78, 5) is 12.0. The molecule has 2 aromatic carbocycles. The molecule has 122 valence electrons. The quantitative estimate of drug-likeness (QED) is 0.687. The van der Waals surface area contributed by atoms with E-state index in [1.54, 1.807) is 18.2 Å². The molecule has 0 aliphatic carbocycles. The molecule has 0 fully saturated rings. The number of hydrogen-bond donors (Lipinski definition) is 0. The summed E-state index contributed by atoms with van der Waals surface area (Å²) in [6.07, 6.45) is -7.42. The molecule has 0 amide bonds. The van der Waals surface area contributed by atoms with Crippen LogP contribution in [0.1, 0.15) is 15.9 Å². The van der Waals surface area contributed by atoms with Gasteiger partial charge in [0.15, 0.2) is 0 Å². The molecule has 0 N–H and O–H groups in total. The van der Waals surface area contributed by atoms with Crippen molar-refractivity contribution < 1.29 is 22.7 Å². The first kappa shape index (κ1) is 17.6. The van der Waals surface area contributed by atoms with Crippen molar-refractivity contribution in [2.75, 3.05) is 0 Å². The second kappa shape index (κ2) is 7.23. The number of halogens is 5. The van der Waals surface area contributed by atoms with E-state index in [-0.39, 0.29) is 15.6 Å². The van der Waals surface area contributed by atoms with Gasteiger partial charge in [0, 0.05) is 11.4 Å². The fourth-order valence-electron chi connectivity index (χ4n) is 1.90. The zero-order valence-electron chi connectivity index (χ0n) is 11.6. The zero-order valence-corrected chi connectivity index (χ0v) is 13.1. The van der Waals surface area contributed by atoms with Gasteiger partial charge in [-0.3, -0.25) is 0 Å². The van der Waals surface area contributed by atoms with Crippen LogP contribution in [-0.4, -0.2) is 18.2 Å². The molecular weight excluding hydrogens is 352 g/mol. The maximum Gasteiger partial charge on any atom is 0.425 e. The predicted octanol–water partition coefficient (Wildman–Crippen LogP) is 5.32. The van der Waals surface area contributed by atoms with Gasteiger partial charge in [-0.25, -0.2) is 4.79 Å². The predicted molar refractivity (Wildman–Crippen MR) is 81.9 cm³/mol. The summed E-state index contributed by atoms with van der Waals surface area (Å²) in [5.41, 5.74) is 0.239. The van der Waals surface area contributed by atoms with Gasteiger partial charge in [-0.1, -0.05) is 53.5 Å². The number of carbonyl (C=O) groups excluding carboxylic acids is 1. The van der Waals surface area contributed by atoms with Crippen molar-refractivity contribution in [3.8, 4) is 0 Å². The minimum atomic E-state index is -4.69. The van der Waals surface area contributed by atoms with Gasteiger partial charge in [-0.05, 0) is 23.8 Å². The number of benzene rings is 2. The third kappa shape index (κ3) is 4.88. The molecule has 0 aliphatic rings. The van der Waals surface area contributed by atoms with Gasteiger partial charge in [0.25, 0.3) is 0 Å². The maximum atomic E-state index is 13.1. The van der Waals surface area contributed by atoms with Crippen LogP contribution in [-0.2, 0) is 11.2 Å². The van der Waals surface area contributed by atoms with Crippen molar-refractivity contribution in [2.45, 2.75) is 18.7 Å². The Balaban J connectivity index is 2.19. The highest BCUT2D eigenvalue weighted by Crippen LogP contribution is 2.28. The molecule has 1 atom stereocenters. The Morgan fingerprint density at radius 2 is 1.74 bits per heavy atom. The first-order valence-corrected chi connectivity index (χ1v) is 7.29. The molecule has 0 heterocycles. The van der Waals surface area contributed by atoms with Gasteiger partial charge >= 0.3 is 12.1 Å². The number of hydrogen-bond acceptors (Lipinski definition) is 2. The SMILES string of the molecule is O=C(O[C@@H](Cc1ccccc1)C(F)(F)F)c1ccc(Cl)cc1Cl. The van der Waals surface area contributed by atoms with Crippen LogP contribution < -0.4 is 0 Å². The minimum absolute atomic E-state index is 0.0665. The molecule has 2 aromatic rings. The van der Waals surface area contributed by atoms with Crippen LogP contribution in [0.25, 0.3) is 0 Å². The molecule has 2 nitrogen and oxygen atoms in total. The zero-order chi connectivity index (χ0) is 17.0. The highest BCUT2D eigenvalue weighted by Gasteiger charge is 2.43. The number of carbonyl (C=O) groups is 1. The Kier molecular flexibility index (Phi) is 5.55. The standard InChI is InChI=1S/C16H11Cl2F3O2/c17-11-6-7-12(13(18)9-11)15(22)23-14(16(19,20)21)8-10-4-2-1-3-5-10/h1-7,9,14H,8H2/t14-/m0/s1.